The first-order chi connectivity index (χ1) is 12.1. The fraction of sp³-hybridized carbons (Fsp3) is 0.650. The minimum atomic E-state index is -0.240. The predicted molar refractivity (Wildman–Crippen MR) is 99.5 cm³/mol. The fourth-order valence-corrected chi connectivity index (χ4v) is 4.03. The number of likely N-dealkylation sites (tertiary alicyclic amines) is 1. The maximum atomic E-state index is 12.7. The van der Waals surface area contributed by atoms with Gasteiger partial charge in [-0.05, 0) is 56.3 Å². The molecule has 0 aliphatic carbocycles. The number of piperidine rings is 1. The summed E-state index contributed by atoms with van der Waals surface area (Å²) in [6.07, 6.45) is 3.33. The van der Waals surface area contributed by atoms with Crippen LogP contribution in [0.4, 0.5) is 4.79 Å². The maximum Gasteiger partial charge on any atom is 0.318 e. The Morgan fingerprint density at radius 3 is 2.72 bits per heavy atom. The summed E-state index contributed by atoms with van der Waals surface area (Å²) in [6, 6.07) is 8.15. The number of benzene rings is 1. The quantitative estimate of drug-likeness (QED) is 0.881. The lowest BCUT2D eigenvalue weighted by Crippen LogP contribution is -2.51. The predicted octanol–water partition coefficient (Wildman–Crippen LogP) is 2.41. The van der Waals surface area contributed by atoms with Gasteiger partial charge < -0.3 is 15.3 Å². The lowest BCUT2D eigenvalue weighted by Gasteiger charge is -2.38. The molecule has 0 spiro atoms. The monoisotopic (exact) mass is 345 g/mol. The second kappa shape index (κ2) is 8.19. The van der Waals surface area contributed by atoms with Gasteiger partial charge in [-0.1, -0.05) is 31.2 Å². The number of urea groups is 1. The van der Waals surface area contributed by atoms with Gasteiger partial charge in [0.25, 0.3) is 0 Å². The summed E-state index contributed by atoms with van der Waals surface area (Å²) in [5.74, 6) is 0.816. The van der Waals surface area contributed by atoms with Crippen LogP contribution >= 0.6 is 0 Å². The third kappa shape index (κ3) is 4.15. The molecule has 25 heavy (non-hydrogen) atoms. The number of nitrogens with one attached hydrogen (secondary N) is 1. The van der Waals surface area contributed by atoms with E-state index in [0.29, 0.717) is 19.1 Å². The summed E-state index contributed by atoms with van der Waals surface area (Å²) < 4.78 is 0. The topological polar surface area (TPSA) is 55.8 Å². The first-order valence-corrected chi connectivity index (χ1v) is 9.57. The summed E-state index contributed by atoms with van der Waals surface area (Å²) >= 11 is 0. The number of hydrogen-bond donors (Lipinski definition) is 2. The van der Waals surface area contributed by atoms with Crippen LogP contribution in [0, 0.1) is 5.92 Å². The SMILES string of the molecule is CC1CCN(C(C)CNC(=O)N2CCc3ccccc3C2CO)CC1. The van der Waals surface area contributed by atoms with Crippen LogP contribution in [0.2, 0.25) is 0 Å². The normalized spacial score (nSPS) is 23.2. The summed E-state index contributed by atoms with van der Waals surface area (Å²) in [6.45, 7) is 8.01. The number of rotatable bonds is 4. The lowest BCUT2D eigenvalue weighted by atomic mass is 9.93. The van der Waals surface area contributed by atoms with Crippen LogP contribution in [0.5, 0.6) is 0 Å². The van der Waals surface area contributed by atoms with Crippen LogP contribution in [0.25, 0.3) is 0 Å². The molecule has 2 aliphatic rings. The van der Waals surface area contributed by atoms with Gasteiger partial charge in [0.05, 0.1) is 12.6 Å². The van der Waals surface area contributed by atoms with E-state index in [1.165, 1.54) is 18.4 Å². The third-order valence-electron chi connectivity index (χ3n) is 5.84. The molecule has 1 saturated heterocycles. The summed E-state index contributed by atoms with van der Waals surface area (Å²) in [7, 11) is 0. The maximum absolute atomic E-state index is 12.7. The number of hydrogen-bond acceptors (Lipinski definition) is 3. The van der Waals surface area contributed by atoms with Crippen molar-refractivity contribution in [3.05, 3.63) is 35.4 Å². The van der Waals surface area contributed by atoms with E-state index in [-0.39, 0.29) is 18.7 Å². The fourth-order valence-electron chi connectivity index (χ4n) is 4.03. The highest BCUT2D eigenvalue weighted by Crippen LogP contribution is 2.29. The van der Waals surface area contributed by atoms with Crippen LogP contribution in [-0.4, -0.2) is 59.8 Å². The molecule has 0 saturated carbocycles. The number of amides is 2. The lowest BCUT2D eigenvalue weighted by molar-refractivity contribution is 0.119. The second-order valence-corrected chi connectivity index (χ2v) is 7.59. The van der Waals surface area contributed by atoms with Crippen molar-refractivity contribution in [2.75, 3.05) is 32.8 Å². The number of fused-ring (bicyclic) bond motifs is 1. The van der Waals surface area contributed by atoms with E-state index in [9.17, 15) is 9.90 Å². The molecule has 1 fully saturated rings. The molecule has 0 aromatic heterocycles. The van der Waals surface area contributed by atoms with E-state index in [1.54, 1.807) is 4.90 Å². The van der Waals surface area contributed by atoms with Crippen LogP contribution in [0.15, 0.2) is 24.3 Å². The number of carbonyl (C=O) groups excluding carboxylic acids is 1. The molecule has 5 heteroatoms. The van der Waals surface area contributed by atoms with Crippen molar-refractivity contribution in [3.8, 4) is 0 Å². The minimum absolute atomic E-state index is 0.0377. The molecular formula is C20H31N3O2. The first-order valence-electron chi connectivity index (χ1n) is 9.57. The molecule has 1 aromatic rings. The van der Waals surface area contributed by atoms with Crippen molar-refractivity contribution in [2.45, 2.75) is 45.2 Å². The Morgan fingerprint density at radius 2 is 2.00 bits per heavy atom. The van der Waals surface area contributed by atoms with Gasteiger partial charge in [0, 0.05) is 19.1 Å². The number of aliphatic hydroxyl groups excluding tert-OH is 1. The van der Waals surface area contributed by atoms with E-state index < -0.39 is 0 Å². The molecule has 3 rings (SSSR count). The summed E-state index contributed by atoms with van der Waals surface area (Å²) in [4.78, 5) is 17.0. The van der Waals surface area contributed by atoms with E-state index in [0.717, 1.165) is 31.0 Å². The van der Waals surface area contributed by atoms with Crippen molar-refractivity contribution in [2.24, 2.45) is 5.92 Å². The third-order valence-corrected chi connectivity index (χ3v) is 5.84. The van der Waals surface area contributed by atoms with Crippen LogP contribution in [0.1, 0.15) is 43.9 Å². The Hall–Kier alpha value is -1.59. The Labute approximate surface area is 151 Å². The smallest absolute Gasteiger partial charge is 0.318 e. The van der Waals surface area contributed by atoms with Crippen molar-refractivity contribution in [1.82, 2.24) is 15.1 Å². The zero-order valence-corrected chi connectivity index (χ0v) is 15.4. The minimum Gasteiger partial charge on any atom is -0.394 e. The molecule has 0 radical (unpaired) electrons. The van der Waals surface area contributed by atoms with E-state index in [4.69, 9.17) is 0 Å². The Balaban J connectivity index is 1.56. The standard InChI is InChI=1S/C20H31N3O2/c1-15-7-10-22(11-8-15)16(2)13-21-20(25)23-12-9-17-5-3-4-6-18(17)19(23)14-24/h3-6,15-16,19,24H,7-14H2,1-2H3,(H,21,25). The van der Waals surface area contributed by atoms with Gasteiger partial charge in [0.2, 0.25) is 0 Å². The van der Waals surface area contributed by atoms with Gasteiger partial charge in [-0.2, -0.15) is 0 Å². The molecular weight excluding hydrogens is 314 g/mol. The van der Waals surface area contributed by atoms with Gasteiger partial charge in [0.1, 0.15) is 0 Å². The summed E-state index contributed by atoms with van der Waals surface area (Å²) in [5.41, 5.74) is 2.31. The Kier molecular flexibility index (Phi) is 5.97. The Bertz CT molecular complexity index is 584. The molecule has 2 atom stereocenters. The second-order valence-electron chi connectivity index (χ2n) is 7.59. The largest absolute Gasteiger partial charge is 0.394 e. The molecule has 2 N–H and O–H groups in total. The number of nitrogens with zero attached hydrogens (tertiary/aromatic N) is 2. The molecule has 2 aliphatic heterocycles. The van der Waals surface area contributed by atoms with Crippen LogP contribution in [-0.2, 0) is 6.42 Å². The average Bonchev–Trinajstić information content (AvgIpc) is 2.65. The molecule has 2 heterocycles. The molecule has 2 unspecified atom stereocenters. The van der Waals surface area contributed by atoms with Gasteiger partial charge in [-0.15, -0.1) is 0 Å². The molecule has 0 bridgehead atoms. The zero-order chi connectivity index (χ0) is 17.8. The zero-order valence-electron chi connectivity index (χ0n) is 15.4. The number of carbonyl (C=O) groups is 1. The van der Waals surface area contributed by atoms with Crippen molar-refractivity contribution >= 4 is 6.03 Å². The van der Waals surface area contributed by atoms with E-state index in [1.807, 2.05) is 18.2 Å². The summed E-state index contributed by atoms with van der Waals surface area (Å²) in [5, 5.41) is 12.9. The van der Waals surface area contributed by atoms with E-state index in [2.05, 4.69) is 30.1 Å². The molecule has 2 amide bonds. The van der Waals surface area contributed by atoms with Crippen LogP contribution < -0.4 is 5.32 Å². The highest BCUT2D eigenvalue weighted by Gasteiger charge is 2.30. The number of aliphatic hydroxyl groups is 1. The van der Waals surface area contributed by atoms with Crippen LogP contribution in [0.3, 0.4) is 0 Å². The van der Waals surface area contributed by atoms with Crippen molar-refractivity contribution < 1.29 is 9.90 Å². The highest BCUT2D eigenvalue weighted by atomic mass is 16.3. The highest BCUT2D eigenvalue weighted by molar-refractivity contribution is 5.75. The van der Waals surface area contributed by atoms with Gasteiger partial charge in [-0.25, -0.2) is 4.79 Å². The molecule has 5 nitrogen and oxygen atoms in total. The van der Waals surface area contributed by atoms with Crippen molar-refractivity contribution in [1.29, 1.82) is 0 Å². The Morgan fingerprint density at radius 1 is 1.28 bits per heavy atom. The van der Waals surface area contributed by atoms with Gasteiger partial charge in [-0.3, -0.25) is 4.90 Å². The average molecular weight is 345 g/mol. The van der Waals surface area contributed by atoms with Gasteiger partial charge >= 0.3 is 6.03 Å². The van der Waals surface area contributed by atoms with E-state index >= 15 is 0 Å². The first kappa shape index (κ1) is 18.2. The van der Waals surface area contributed by atoms with Gasteiger partial charge in [0.15, 0.2) is 0 Å². The molecule has 138 valence electrons. The molecule has 1 aromatic carbocycles. The van der Waals surface area contributed by atoms with Crippen molar-refractivity contribution in [3.63, 3.8) is 0 Å².